The van der Waals surface area contributed by atoms with Crippen molar-refractivity contribution in [2.45, 2.75) is 20.8 Å². The van der Waals surface area contributed by atoms with Crippen LogP contribution in [-0.2, 0) is 4.79 Å². The first-order chi connectivity index (χ1) is 9.95. The summed E-state index contributed by atoms with van der Waals surface area (Å²) in [5.41, 5.74) is 4.23. The lowest BCUT2D eigenvalue weighted by Gasteiger charge is -2.10. The van der Waals surface area contributed by atoms with Crippen molar-refractivity contribution in [1.82, 2.24) is 0 Å². The summed E-state index contributed by atoms with van der Waals surface area (Å²) in [4.78, 5) is 11.9. The molecule has 0 aliphatic heterocycles. The molecular formula is C17H18INO2. The van der Waals surface area contributed by atoms with Crippen LogP contribution < -0.4 is 10.1 Å². The van der Waals surface area contributed by atoms with Crippen LogP contribution in [0.15, 0.2) is 36.4 Å². The minimum atomic E-state index is -0.156. The molecule has 0 aliphatic rings. The second-order valence-electron chi connectivity index (χ2n) is 5.08. The Kier molecular flexibility index (Phi) is 5.22. The highest BCUT2D eigenvalue weighted by Crippen LogP contribution is 2.21. The van der Waals surface area contributed by atoms with E-state index in [0.29, 0.717) is 5.75 Å². The molecule has 1 N–H and O–H groups in total. The molecular weight excluding hydrogens is 377 g/mol. The van der Waals surface area contributed by atoms with Gasteiger partial charge in [0.15, 0.2) is 6.61 Å². The molecule has 0 aromatic heterocycles. The molecule has 0 fully saturated rings. The Bertz CT molecular complexity index is 645. The van der Waals surface area contributed by atoms with Crippen molar-refractivity contribution in [2.75, 3.05) is 11.9 Å². The monoisotopic (exact) mass is 395 g/mol. The van der Waals surface area contributed by atoms with E-state index in [1.165, 1.54) is 3.57 Å². The number of hydrogen-bond acceptors (Lipinski definition) is 2. The number of hydrogen-bond donors (Lipinski definition) is 1. The summed E-state index contributed by atoms with van der Waals surface area (Å²) in [5.74, 6) is 0.552. The van der Waals surface area contributed by atoms with Crippen molar-refractivity contribution < 1.29 is 9.53 Å². The SMILES string of the molecule is Cc1cccc(OCC(=O)Nc2cc(C)c(I)c(C)c2)c1. The molecule has 1 amide bonds. The number of aryl methyl sites for hydroxylation is 3. The molecule has 21 heavy (non-hydrogen) atoms. The normalized spacial score (nSPS) is 10.3. The quantitative estimate of drug-likeness (QED) is 0.787. The zero-order valence-corrected chi connectivity index (χ0v) is 14.5. The number of carbonyl (C=O) groups excluding carboxylic acids is 1. The third kappa shape index (κ3) is 4.46. The van der Waals surface area contributed by atoms with Crippen LogP contribution in [0.5, 0.6) is 5.75 Å². The van der Waals surface area contributed by atoms with E-state index < -0.39 is 0 Å². The Labute approximate surface area is 138 Å². The Morgan fingerprint density at radius 3 is 2.43 bits per heavy atom. The van der Waals surface area contributed by atoms with Gasteiger partial charge in [-0.05, 0) is 84.3 Å². The molecule has 0 heterocycles. The molecule has 2 aromatic rings. The van der Waals surface area contributed by atoms with Crippen molar-refractivity contribution in [2.24, 2.45) is 0 Å². The maximum absolute atomic E-state index is 11.9. The van der Waals surface area contributed by atoms with Gasteiger partial charge in [-0.3, -0.25) is 4.79 Å². The van der Waals surface area contributed by atoms with Crippen molar-refractivity contribution >= 4 is 34.2 Å². The van der Waals surface area contributed by atoms with Crippen LogP contribution in [0.25, 0.3) is 0 Å². The van der Waals surface area contributed by atoms with Gasteiger partial charge in [0.1, 0.15) is 5.75 Å². The molecule has 0 unspecified atom stereocenters. The van der Waals surface area contributed by atoms with Gasteiger partial charge in [0.2, 0.25) is 0 Å². The van der Waals surface area contributed by atoms with E-state index in [0.717, 1.165) is 22.4 Å². The Morgan fingerprint density at radius 2 is 1.81 bits per heavy atom. The molecule has 0 atom stereocenters. The summed E-state index contributed by atoms with van der Waals surface area (Å²) in [6.07, 6.45) is 0. The first kappa shape index (κ1) is 15.8. The second kappa shape index (κ2) is 6.93. The minimum Gasteiger partial charge on any atom is -0.484 e. The predicted molar refractivity (Wildman–Crippen MR) is 93.9 cm³/mol. The number of halogens is 1. The van der Waals surface area contributed by atoms with E-state index in [1.54, 1.807) is 0 Å². The van der Waals surface area contributed by atoms with Gasteiger partial charge in [-0.2, -0.15) is 0 Å². The number of rotatable bonds is 4. The van der Waals surface area contributed by atoms with E-state index in [-0.39, 0.29) is 12.5 Å². The molecule has 0 saturated carbocycles. The summed E-state index contributed by atoms with van der Waals surface area (Å²) < 4.78 is 6.72. The average molecular weight is 395 g/mol. The lowest BCUT2D eigenvalue weighted by atomic mass is 10.1. The largest absolute Gasteiger partial charge is 0.484 e. The molecule has 4 heteroatoms. The van der Waals surface area contributed by atoms with Gasteiger partial charge in [-0.1, -0.05) is 12.1 Å². The summed E-state index contributed by atoms with van der Waals surface area (Å²) in [6, 6.07) is 11.6. The topological polar surface area (TPSA) is 38.3 Å². The van der Waals surface area contributed by atoms with Crippen LogP contribution in [0.2, 0.25) is 0 Å². The lowest BCUT2D eigenvalue weighted by molar-refractivity contribution is -0.118. The van der Waals surface area contributed by atoms with Crippen LogP contribution in [0, 0.1) is 24.3 Å². The van der Waals surface area contributed by atoms with Crippen LogP contribution >= 0.6 is 22.6 Å². The molecule has 0 aliphatic carbocycles. The Hall–Kier alpha value is -1.56. The predicted octanol–water partition coefficient (Wildman–Crippen LogP) is 4.23. The number of carbonyl (C=O) groups is 1. The molecule has 0 radical (unpaired) electrons. The zero-order chi connectivity index (χ0) is 15.4. The number of nitrogens with one attached hydrogen (secondary N) is 1. The molecule has 0 bridgehead atoms. The summed E-state index contributed by atoms with van der Waals surface area (Å²) in [5, 5.41) is 2.87. The summed E-state index contributed by atoms with van der Waals surface area (Å²) in [7, 11) is 0. The first-order valence-corrected chi connectivity index (χ1v) is 7.79. The number of ether oxygens (including phenoxy) is 1. The first-order valence-electron chi connectivity index (χ1n) is 6.72. The van der Waals surface area contributed by atoms with Crippen molar-refractivity contribution in [3.8, 4) is 5.75 Å². The van der Waals surface area contributed by atoms with E-state index >= 15 is 0 Å². The van der Waals surface area contributed by atoms with E-state index in [2.05, 4.69) is 27.9 Å². The molecule has 0 saturated heterocycles. The molecule has 2 rings (SSSR count). The van der Waals surface area contributed by atoms with Crippen molar-refractivity contribution in [3.05, 3.63) is 56.7 Å². The third-order valence-corrected chi connectivity index (χ3v) is 4.78. The van der Waals surface area contributed by atoms with Gasteiger partial charge in [-0.25, -0.2) is 0 Å². The Balaban J connectivity index is 1.96. The highest BCUT2D eigenvalue weighted by atomic mass is 127. The Morgan fingerprint density at radius 1 is 1.14 bits per heavy atom. The van der Waals surface area contributed by atoms with Gasteiger partial charge >= 0.3 is 0 Å². The van der Waals surface area contributed by atoms with Crippen molar-refractivity contribution in [1.29, 1.82) is 0 Å². The van der Waals surface area contributed by atoms with Gasteiger partial charge < -0.3 is 10.1 Å². The standard InChI is InChI=1S/C17H18INO2/c1-11-5-4-6-15(7-11)21-10-16(20)19-14-8-12(2)17(18)13(3)9-14/h4-9H,10H2,1-3H3,(H,19,20). The molecule has 110 valence electrons. The highest BCUT2D eigenvalue weighted by molar-refractivity contribution is 14.1. The number of amides is 1. The molecule has 2 aromatic carbocycles. The van der Waals surface area contributed by atoms with Crippen LogP contribution in [0.4, 0.5) is 5.69 Å². The summed E-state index contributed by atoms with van der Waals surface area (Å²) >= 11 is 2.31. The summed E-state index contributed by atoms with van der Waals surface area (Å²) in [6.45, 7) is 6.07. The number of anilines is 1. The maximum atomic E-state index is 11.9. The van der Waals surface area contributed by atoms with E-state index in [9.17, 15) is 4.79 Å². The van der Waals surface area contributed by atoms with E-state index in [1.807, 2.05) is 57.2 Å². The third-order valence-electron chi connectivity index (χ3n) is 3.08. The van der Waals surface area contributed by atoms with Gasteiger partial charge in [0.25, 0.3) is 5.91 Å². The van der Waals surface area contributed by atoms with Gasteiger partial charge in [-0.15, -0.1) is 0 Å². The second-order valence-corrected chi connectivity index (χ2v) is 6.16. The van der Waals surface area contributed by atoms with Crippen LogP contribution in [-0.4, -0.2) is 12.5 Å². The van der Waals surface area contributed by atoms with Gasteiger partial charge in [0, 0.05) is 9.26 Å². The smallest absolute Gasteiger partial charge is 0.262 e. The zero-order valence-electron chi connectivity index (χ0n) is 12.4. The fraction of sp³-hybridized carbons (Fsp3) is 0.235. The van der Waals surface area contributed by atoms with Crippen LogP contribution in [0.3, 0.4) is 0 Å². The lowest BCUT2D eigenvalue weighted by Crippen LogP contribution is -2.20. The van der Waals surface area contributed by atoms with E-state index in [4.69, 9.17) is 4.74 Å². The number of benzene rings is 2. The highest BCUT2D eigenvalue weighted by Gasteiger charge is 2.07. The maximum Gasteiger partial charge on any atom is 0.262 e. The minimum absolute atomic E-state index is 0.00748. The van der Waals surface area contributed by atoms with Crippen molar-refractivity contribution in [3.63, 3.8) is 0 Å². The molecule has 0 spiro atoms. The molecule has 3 nitrogen and oxygen atoms in total. The fourth-order valence-electron chi connectivity index (χ4n) is 2.07. The van der Waals surface area contributed by atoms with Crippen LogP contribution in [0.1, 0.15) is 16.7 Å². The fourth-order valence-corrected chi connectivity index (χ4v) is 2.38. The average Bonchev–Trinajstić information content (AvgIpc) is 2.42. The van der Waals surface area contributed by atoms with Gasteiger partial charge in [0.05, 0.1) is 0 Å².